The van der Waals surface area contributed by atoms with Gasteiger partial charge in [0, 0.05) is 32.7 Å². The molecule has 1 saturated carbocycles. The molecule has 7 nitrogen and oxygen atoms in total. The van der Waals surface area contributed by atoms with E-state index < -0.39 is 24.6 Å². The van der Waals surface area contributed by atoms with Gasteiger partial charge < -0.3 is 20.4 Å². The number of urea groups is 1. The minimum absolute atomic E-state index is 0.410. The van der Waals surface area contributed by atoms with Gasteiger partial charge >= 0.3 is 12.0 Å². The van der Waals surface area contributed by atoms with Crippen LogP contribution in [-0.4, -0.2) is 77.4 Å². The molecule has 1 heterocycles. The maximum absolute atomic E-state index is 11.8. The van der Waals surface area contributed by atoms with Crippen molar-refractivity contribution in [2.45, 2.75) is 18.9 Å². The van der Waals surface area contributed by atoms with Gasteiger partial charge in [0.1, 0.15) is 0 Å². The Morgan fingerprint density at radius 3 is 2.32 bits per heavy atom. The summed E-state index contributed by atoms with van der Waals surface area (Å²) in [5, 5.41) is 20.0. The van der Waals surface area contributed by atoms with E-state index in [-0.39, 0.29) is 0 Å². The summed E-state index contributed by atoms with van der Waals surface area (Å²) in [5.74, 6) is -0.380. The van der Waals surface area contributed by atoms with Crippen LogP contribution in [0.3, 0.4) is 0 Å². The molecule has 0 bridgehead atoms. The molecular formula is C12H21N3O4. The smallest absolute Gasteiger partial charge is 0.328 e. The third-order valence-corrected chi connectivity index (χ3v) is 3.65. The van der Waals surface area contributed by atoms with Gasteiger partial charge in [-0.3, -0.25) is 4.90 Å². The van der Waals surface area contributed by atoms with Gasteiger partial charge in [-0.25, -0.2) is 9.59 Å². The lowest BCUT2D eigenvalue weighted by molar-refractivity contribution is -0.140. The van der Waals surface area contributed by atoms with Crippen molar-refractivity contribution in [1.82, 2.24) is 15.1 Å². The predicted octanol–water partition coefficient (Wildman–Crippen LogP) is -0.831. The van der Waals surface area contributed by atoms with Crippen LogP contribution >= 0.6 is 0 Å². The van der Waals surface area contributed by atoms with Crippen LogP contribution in [0.15, 0.2) is 0 Å². The second-order valence-electron chi connectivity index (χ2n) is 5.25. The van der Waals surface area contributed by atoms with Crippen molar-refractivity contribution < 1.29 is 19.8 Å². The van der Waals surface area contributed by atoms with Gasteiger partial charge in [-0.15, -0.1) is 0 Å². The number of amides is 2. The first-order chi connectivity index (χ1) is 9.10. The van der Waals surface area contributed by atoms with Crippen LogP contribution < -0.4 is 5.32 Å². The Kier molecular flexibility index (Phi) is 4.60. The van der Waals surface area contributed by atoms with Crippen LogP contribution in [0.5, 0.6) is 0 Å². The Labute approximate surface area is 112 Å². The van der Waals surface area contributed by atoms with E-state index in [9.17, 15) is 9.59 Å². The van der Waals surface area contributed by atoms with Crippen molar-refractivity contribution in [1.29, 1.82) is 0 Å². The number of carbonyl (C=O) groups excluding carboxylic acids is 1. The molecule has 2 rings (SSSR count). The van der Waals surface area contributed by atoms with Gasteiger partial charge in [-0.05, 0) is 18.8 Å². The summed E-state index contributed by atoms with van der Waals surface area (Å²) in [7, 11) is 0. The van der Waals surface area contributed by atoms with Crippen molar-refractivity contribution in [2.24, 2.45) is 5.92 Å². The Balaban J connectivity index is 1.73. The molecule has 0 radical (unpaired) electrons. The Hall–Kier alpha value is -1.34. The molecule has 19 heavy (non-hydrogen) atoms. The summed E-state index contributed by atoms with van der Waals surface area (Å²) in [6.07, 6.45) is 2.63. The summed E-state index contributed by atoms with van der Waals surface area (Å²) >= 11 is 0. The van der Waals surface area contributed by atoms with Gasteiger partial charge in [-0.1, -0.05) is 0 Å². The number of aliphatic hydroxyl groups excluding tert-OH is 1. The minimum atomic E-state index is -1.23. The van der Waals surface area contributed by atoms with Gasteiger partial charge in [0.2, 0.25) is 0 Å². The highest BCUT2D eigenvalue weighted by molar-refractivity contribution is 5.82. The highest BCUT2D eigenvalue weighted by Crippen LogP contribution is 2.29. The van der Waals surface area contributed by atoms with Gasteiger partial charge in [0.15, 0.2) is 6.04 Å². The molecule has 0 aromatic heterocycles. The van der Waals surface area contributed by atoms with Gasteiger partial charge in [0.05, 0.1) is 6.61 Å². The lowest BCUT2D eigenvalue weighted by atomic mass is 10.3. The monoisotopic (exact) mass is 271 g/mol. The molecule has 2 amide bonds. The number of hydrogen-bond acceptors (Lipinski definition) is 4. The molecule has 108 valence electrons. The highest BCUT2D eigenvalue weighted by Gasteiger charge is 2.28. The van der Waals surface area contributed by atoms with Crippen LogP contribution in [0.4, 0.5) is 4.79 Å². The molecular weight excluding hydrogens is 250 g/mol. The quantitative estimate of drug-likeness (QED) is 0.607. The fraction of sp³-hybridized carbons (Fsp3) is 0.833. The predicted molar refractivity (Wildman–Crippen MR) is 67.8 cm³/mol. The fourth-order valence-electron chi connectivity index (χ4n) is 2.22. The summed E-state index contributed by atoms with van der Waals surface area (Å²) in [4.78, 5) is 26.5. The summed E-state index contributed by atoms with van der Waals surface area (Å²) in [5.41, 5.74) is 0. The zero-order chi connectivity index (χ0) is 13.8. The maximum atomic E-state index is 11.8. The van der Waals surface area contributed by atoms with Crippen molar-refractivity contribution in [3.63, 3.8) is 0 Å². The lowest BCUT2D eigenvalue weighted by Gasteiger charge is -2.35. The van der Waals surface area contributed by atoms with Crippen molar-refractivity contribution in [3.8, 4) is 0 Å². The number of carboxylic acid groups (broad SMARTS) is 1. The molecule has 0 aromatic rings. The van der Waals surface area contributed by atoms with E-state index in [1.54, 1.807) is 4.90 Å². The zero-order valence-electron chi connectivity index (χ0n) is 10.9. The molecule has 2 fully saturated rings. The molecule has 0 spiro atoms. The number of nitrogens with zero attached hydrogens (tertiary/aromatic N) is 2. The second-order valence-corrected chi connectivity index (χ2v) is 5.25. The summed E-state index contributed by atoms with van der Waals surface area (Å²) in [6.45, 7) is 3.40. The lowest BCUT2D eigenvalue weighted by Crippen LogP contribution is -2.55. The Morgan fingerprint density at radius 2 is 1.84 bits per heavy atom. The molecule has 3 N–H and O–H groups in total. The van der Waals surface area contributed by atoms with E-state index in [4.69, 9.17) is 10.2 Å². The number of rotatable bonds is 5. The molecule has 0 unspecified atom stereocenters. The SMILES string of the molecule is O=C(O)[C@H](CO)NC(=O)N1CCN(CC2CC2)CC1. The molecule has 1 aliphatic heterocycles. The van der Waals surface area contributed by atoms with Crippen molar-refractivity contribution >= 4 is 12.0 Å². The average molecular weight is 271 g/mol. The standard InChI is InChI=1S/C12H21N3O4/c16-8-10(11(17)18)13-12(19)15-5-3-14(4-6-15)7-9-1-2-9/h9-10,16H,1-8H2,(H,13,19)(H,17,18)/t10-/m0/s1. The number of hydrogen-bond donors (Lipinski definition) is 3. The first-order valence-corrected chi connectivity index (χ1v) is 6.71. The number of carboxylic acids is 1. The van der Waals surface area contributed by atoms with Crippen LogP contribution in [0.1, 0.15) is 12.8 Å². The maximum Gasteiger partial charge on any atom is 0.328 e. The van der Waals surface area contributed by atoms with E-state index in [0.717, 1.165) is 25.6 Å². The fourth-order valence-corrected chi connectivity index (χ4v) is 2.22. The van der Waals surface area contributed by atoms with Crippen LogP contribution in [0, 0.1) is 5.92 Å². The number of piperazine rings is 1. The largest absolute Gasteiger partial charge is 0.480 e. The zero-order valence-corrected chi connectivity index (χ0v) is 10.9. The number of aliphatic hydroxyl groups is 1. The van der Waals surface area contributed by atoms with E-state index in [2.05, 4.69) is 10.2 Å². The van der Waals surface area contributed by atoms with Crippen molar-refractivity contribution in [3.05, 3.63) is 0 Å². The normalized spacial score (nSPS) is 22.1. The summed E-state index contributed by atoms with van der Waals surface area (Å²) < 4.78 is 0. The van der Waals surface area contributed by atoms with Gasteiger partial charge in [-0.2, -0.15) is 0 Å². The third-order valence-electron chi connectivity index (χ3n) is 3.65. The highest BCUT2D eigenvalue weighted by atomic mass is 16.4. The Bertz CT molecular complexity index is 338. The van der Waals surface area contributed by atoms with E-state index in [1.165, 1.54) is 12.8 Å². The molecule has 1 saturated heterocycles. The Morgan fingerprint density at radius 1 is 1.21 bits per heavy atom. The van der Waals surface area contributed by atoms with E-state index in [0.29, 0.717) is 13.1 Å². The third kappa shape index (κ3) is 4.07. The van der Waals surface area contributed by atoms with Crippen LogP contribution in [0.25, 0.3) is 0 Å². The average Bonchev–Trinajstić information content (AvgIpc) is 3.20. The van der Waals surface area contributed by atoms with Crippen molar-refractivity contribution in [2.75, 3.05) is 39.3 Å². The minimum Gasteiger partial charge on any atom is -0.480 e. The molecule has 2 aliphatic rings. The number of aliphatic carboxylic acids is 1. The number of nitrogens with one attached hydrogen (secondary N) is 1. The van der Waals surface area contributed by atoms with Gasteiger partial charge in [0.25, 0.3) is 0 Å². The second kappa shape index (κ2) is 6.21. The molecule has 7 heteroatoms. The van der Waals surface area contributed by atoms with Crippen LogP contribution in [-0.2, 0) is 4.79 Å². The number of carbonyl (C=O) groups is 2. The topological polar surface area (TPSA) is 93.1 Å². The summed E-state index contributed by atoms with van der Waals surface area (Å²) in [6, 6.07) is -1.63. The molecule has 1 aliphatic carbocycles. The molecule has 0 aromatic carbocycles. The first-order valence-electron chi connectivity index (χ1n) is 6.71. The van der Waals surface area contributed by atoms with E-state index >= 15 is 0 Å². The first kappa shape index (κ1) is 14.1. The van der Waals surface area contributed by atoms with E-state index in [1.807, 2.05) is 0 Å². The molecule has 1 atom stereocenters. The van der Waals surface area contributed by atoms with Crippen LogP contribution in [0.2, 0.25) is 0 Å².